The molecule has 7 heteroatoms. The Labute approximate surface area is 200 Å². The lowest BCUT2D eigenvalue weighted by molar-refractivity contribution is 0.155. The number of benzene rings is 3. The van der Waals surface area contributed by atoms with Crippen molar-refractivity contribution in [3.63, 3.8) is 0 Å². The van der Waals surface area contributed by atoms with Gasteiger partial charge >= 0.3 is 0 Å². The van der Waals surface area contributed by atoms with Crippen LogP contribution < -0.4 is 0 Å². The molecule has 0 spiro atoms. The largest absolute Gasteiger partial charge is 0.290 e. The van der Waals surface area contributed by atoms with E-state index in [1.807, 2.05) is 12.1 Å². The van der Waals surface area contributed by atoms with Crippen molar-refractivity contribution in [1.82, 2.24) is 9.21 Å². The van der Waals surface area contributed by atoms with Gasteiger partial charge in [-0.1, -0.05) is 49.7 Å². The van der Waals surface area contributed by atoms with Gasteiger partial charge in [0.2, 0.25) is 10.0 Å². The van der Waals surface area contributed by atoms with Crippen LogP contribution in [0.1, 0.15) is 42.5 Å². The summed E-state index contributed by atoms with van der Waals surface area (Å²) in [5, 5.41) is 0. The van der Waals surface area contributed by atoms with Gasteiger partial charge in [0, 0.05) is 26.2 Å². The van der Waals surface area contributed by atoms with Gasteiger partial charge in [-0.3, -0.25) is 4.90 Å². The molecule has 3 aromatic carbocycles. The minimum Gasteiger partial charge on any atom is -0.290 e. The van der Waals surface area contributed by atoms with Crippen molar-refractivity contribution in [2.75, 3.05) is 26.2 Å². The fraction of sp³-hybridized carbons (Fsp3) is 0.333. The summed E-state index contributed by atoms with van der Waals surface area (Å²) < 4.78 is 55.1. The van der Waals surface area contributed by atoms with Crippen LogP contribution in [0.4, 0.5) is 8.78 Å². The van der Waals surface area contributed by atoms with E-state index >= 15 is 0 Å². The summed E-state index contributed by atoms with van der Waals surface area (Å²) in [5.41, 5.74) is 2.91. The SMILES string of the molecule is CCCCc1ccc(S(=O)(=O)N2CCN(C(c3ccc(F)cc3)c3ccc(F)cc3)CC2)cc1. The van der Waals surface area contributed by atoms with Gasteiger partial charge in [0.25, 0.3) is 0 Å². The summed E-state index contributed by atoms with van der Waals surface area (Å²) in [7, 11) is -3.58. The molecule has 1 fully saturated rings. The molecular weight excluding hydrogens is 454 g/mol. The molecule has 0 radical (unpaired) electrons. The van der Waals surface area contributed by atoms with E-state index in [0.29, 0.717) is 31.1 Å². The summed E-state index contributed by atoms with van der Waals surface area (Å²) in [4.78, 5) is 2.48. The van der Waals surface area contributed by atoms with Crippen LogP contribution in [0.5, 0.6) is 0 Å². The van der Waals surface area contributed by atoms with E-state index in [-0.39, 0.29) is 17.7 Å². The Bertz CT molecular complexity index is 1130. The quantitative estimate of drug-likeness (QED) is 0.430. The maximum absolute atomic E-state index is 13.5. The van der Waals surface area contributed by atoms with E-state index in [0.717, 1.165) is 36.0 Å². The lowest BCUT2D eigenvalue weighted by atomic mass is 9.96. The molecule has 1 aliphatic heterocycles. The zero-order chi connectivity index (χ0) is 24.1. The second kappa shape index (κ2) is 10.8. The molecule has 0 unspecified atom stereocenters. The van der Waals surface area contributed by atoms with Crippen LogP contribution in [-0.2, 0) is 16.4 Å². The Morgan fingerprint density at radius 3 is 1.74 bits per heavy atom. The summed E-state index contributed by atoms with van der Waals surface area (Å²) in [6, 6.07) is 19.6. The van der Waals surface area contributed by atoms with Crippen molar-refractivity contribution >= 4 is 10.0 Å². The zero-order valence-electron chi connectivity index (χ0n) is 19.3. The third-order valence-corrected chi connectivity index (χ3v) is 8.30. The molecule has 0 atom stereocenters. The Balaban J connectivity index is 1.51. The van der Waals surface area contributed by atoms with Crippen molar-refractivity contribution in [3.05, 3.63) is 101 Å². The van der Waals surface area contributed by atoms with Crippen LogP contribution in [0, 0.1) is 11.6 Å². The molecule has 4 nitrogen and oxygen atoms in total. The first-order chi connectivity index (χ1) is 16.4. The molecule has 0 bridgehead atoms. The van der Waals surface area contributed by atoms with Gasteiger partial charge in [-0.05, 0) is 65.9 Å². The maximum Gasteiger partial charge on any atom is 0.243 e. The molecule has 0 saturated carbocycles. The van der Waals surface area contributed by atoms with Crippen LogP contribution in [0.25, 0.3) is 0 Å². The third kappa shape index (κ3) is 5.54. The van der Waals surface area contributed by atoms with Crippen LogP contribution in [0.3, 0.4) is 0 Å². The maximum atomic E-state index is 13.5. The van der Waals surface area contributed by atoms with Crippen LogP contribution >= 0.6 is 0 Å². The molecule has 0 N–H and O–H groups in total. The Hall–Kier alpha value is -2.61. The topological polar surface area (TPSA) is 40.6 Å². The van der Waals surface area contributed by atoms with Crippen molar-refractivity contribution < 1.29 is 17.2 Å². The average Bonchev–Trinajstić information content (AvgIpc) is 2.86. The summed E-state index contributed by atoms with van der Waals surface area (Å²) in [6.07, 6.45) is 3.13. The lowest BCUT2D eigenvalue weighted by Crippen LogP contribution is -2.49. The highest BCUT2D eigenvalue weighted by atomic mass is 32.2. The van der Waals surface area contributed by atoms with E-state index in [9.17, 15) is 17.2 Å². The summed E-state index contributed by atoms with van der Waals surface area (Å²) in [6.45, 7) is 3.84. The molecule has 3 aromatic rings. The number of aryl methyl sites for hydroxylation is 1. The number of hydrogen-bond donors (Lipinski definition) is 0. The molecule has 4 rings (SSSR count). The van der Waals surface area contributed by atoms with Crippen molar-refractivity contribution in [3.8, 4) is 0 Å². The van der Waals surface area contributed by atoms with E-state index < -0.39 is 10.0 Å². The zero-order valence-corrected chi connectivity index (χ0v) is 20.1. The molecule has 0 amide bonds. The second-order valence-corrected chi connectivity index (χ2v) is 10.6. The fourth-order valence-electron chi connectivity index (χ4n) is 4.46. The lowest BCUT2D eigenvalue weighted by Gasteiger charge is -2.39. The van der Waals surface area contributed by atoms with Gasteiger partial charge in [0.05, 0.1) is 10.9 Å². The van der Waals surface area contributed by atoms with Crippen LogP contribution in [0.2, 0.25) is 0 Å². The molecule has 180 valence electrons. The highest BCUT2D eigenvalue weighted by Crippen LogP contribution is 2.31. The predicted octanol–water partition coefficient (Wildman–Crippen LogP) is 5.40. The van der Waals surface area contributed by atoms with Gasteiger partial charge in [0.1, 0.15) is 11.6 Å². The number of sulfonamides is 1. The minimum atomic E-state index is -3.58. The van der Waals surface area contributed by atoms with Crippen molar-refractivity contribution in [2.45, 2.75) is 37.1 Å². The number of halogens is 2. The van der Waals surface area contributed by atoms with Gasteiger partial charge in [-0.2, -0.15) is 4.31 Å². The van der Waals surface area contributed by atoms with Crippen molar-refractivity contribution in [2.24, 2.45) is 0 Å². The highest BCUT2D eigenvalue weighted by Gasteiger charge is 2.32. The number of piperazine rings is 1. The van der Waals surface area contributed by atoms with E-state index in [4.69, 9.17) is 0 Å². The molecule has 34 heavy (non-hydrogen) atoms. The first-order valence-electron chi connectivity index (χ1n) is 11.7. The molecule has 1 heterocycles. The number of unbranched alkanes of at least 4 members (excludes halogenated alkanes) is 1. The standard InChI is InChI=1S/C27H30F2N2O2S/c1-2-3-4-21-5-15-26(16-6-21)34(32,33)31-19-17-30(18-20-31)27(22-7-11-24(28)12-8-22)23-9-13-25(29)14-10-23/h5-16,27H,2-4,17-20H2,1H3. The Morgan fingerprint density at radius 1 is 0.765 bits per heavy atom. The second-order valence-electron chi connectivity index (χ2n) is 8.69. The molecular formula is C27H30F2N2O2S. The number of nitrogens with zero attached hydrogens (tertiary/aromatic N) is 2. The monoisotopic (exact) mass is 484 g/mol. The van der Waals surface area contributed by atoms with E-state index in [1.165, 1.54) is 28.6 Å². The average molecular weight is 485 g/mol. The van der Waals surface area contributed by atoms with Gasteiger partial charge in [-0.25, -0.2) is 17.2 Å². The molecule has 1 saturated heterocycles. The number of rotatable bonds is 8. The van der Waals surface area contributed by atoms with Gasteiger partial charge in [0.15, 0.2) is 0 Å². The van der Waals surface area contributed by atoms with Gasteiger partial charge in [-0.15, -0.1) is 0 Å². The first kappa shape index (κ1) is 24.5. The van der Waals surface area contributed by atoms with Crippen LogP contribution in [-0.4, -0.2) is 43.8 Å². The summed E-state index contributed by atoms with van der Waals surface area (Å²) in [5.74, 6) is -0.642. The number of hydrogen-bond acceptors (Lipinski definition) is 3. The summed E-state index contributed by atoms with van der Waals surface area (Å²) >= 11 is 0. The molecule has 1 aliphatic rings. The minimum absolute atomic E-state index is 0.219. The molecule has 0 aliphatic carbocycles. The van der Waals surface area contributed by atoms with E-state index in [2.05, 4.69) is 11.8 Å². The van der Waals surface area contributed by atoms with Crippen molar-refractivity contribution in [1.29, 1.82) is 0 Å². The third-order valence-electron chi connectivity index (χ3n) is 6.39. The van der Waals surface area contributed by atoms with Crippen LogP contribution in [0.15, 0.2) is 77.7 Å². The predicted molar refractivity (Wildman–Crippen MR) is 130 cm³/mol. The normalized spacial score (nSPS) is 15.6. The van der Waals surface area contributed by atoms with E-state index in [1.54, 1.807) is 36.4 Å². The Kier molecular flexibility index (Phi) is 7.76. The highest BCUT2D eigenvalue weighted by molar-refractivity contribution is 7.89. The smallest absolute Gasteiger partial charge is 0.243 e. The fourth-order valence-corrected chi connectivity index (χ4v) is 5.89. The molecule has 0 aromatic heterocycles. The Morgan fingerprint density at radius 2 is 1.26 bits per heavy atom. The first-order valence-corrected chi connectivity index (χ1v) is 13.2. The van der Waals surface area contributed by atoms with Gasteiger partial charge < -0.3 is 0 Å².